The Balaban J connectivity index is 1.47. The Kier molecular flexibility index (Phi) is 6.39. The number of piperidine rings is 1. The van der Waals surface area contributed by atoms with Crippen LogP contribution in [0.2, 0.25) is 0 Å². The number of benzene rings is 1. The summed E-state index contributed by atoms with van der Waals surface area (Å²) in [5.41, 5.74) is 6.47. The molecule has 2 aliphatic heterocycles. The smallest absolute Gasteiger partial charge is 0.410 e. The number of nitrogens with two attached hydrogens (primary N) is 1. The minimum absolute atomic E-state index is 0.135. The zero-order valence-corrected chi connectivity index (χ0v) is 19.6. The minimum Gasteiger partial charge on any atom is -0.444 e. The van der Waals surface area contributed by atoms with E-state index in [4.69, 9.17) is 15.2 Å². The molecular weight excluding hydrogens is 406 g/mol. The fourth-order valence-electron chi connectivity index (χ4n) is 4.84. The van der Waals surface area contributed by atoms with Gasteiger partial charge in [-0.3, -0.25) is 4.79 Å². The van der Waals surface area contributed by atoms with Crippen LogP contribution < -0.4 is 10.6 Å². The molecule has 7 heteroatoms. The van der Waals surface area contributed by atoms with Crippen molar-refractivity contribution in [2.24, 2.45) is 11.7 Å². The molecule has 2 saturated heterocycles. The van der Waals surface area contributed by atoms with Crippen LogP contribution in [0.25, 0.3) is 0 Å². The van der Waals surface area contributed by atoms with Gasteiger partial charge < -0.3 is 25.0 Å². The molecule has 1 aromatic rings. The van der Waals surface area contributed by atoms with E-state index < -0.39 is 11.0 Å². The van der Waals surface area contributed by atoms with Gasteiger partial charge >= 0.3 is 6.09 Å². The normalized spacial score (nSPS) is 23.1. The van der Waals surface area contributed by atoms with Crippen molar-refractivity contribution in [3.8, 4) is 0 Å². The van der Waals surface area contributed by atoms with E-state index in [0.29, 0.717) is 19.1 Å². The van der Waals surface area contributed by atoms with Crippen LogP contribution in [0.15, 0.2) is 24.3 Å². The zero-order valence-electron chi connectivity index (χ0n) is 19.6. The van der Waals surface area contributed by atoms with Gasteiger partial charge in [0.15, 0.2) is 0 Å². The number of hydrogen-bond donors (Lipinski definition) is 1. The Morgan fingerprint density at radius 3 is 2.34 bits per heavy atom. The first-order valence-electron chi connectivity index (χ1n) is 11.9. The first kappa shape index (κ1) is 22.9. The van der Waals surface area contributed by atoms with Crippen LogP contribution in [-0.4, -0.2) is 61.4 Å². The Labute approximate surface area is 191 Å². The van der Waals surface area contributed by atoms with Crippen LogP contribution in [0.3, 0.4) is 0 Å². The molecule has 7 nitrogen and oxygen atoms in total. The molecule has 4 rings (SSSR count). The lowest BCUT2D eigenvalue weighted by molar-refractivity contribution is -0.141. The van der Waals surface area contributed by atoms with E-state index in [1.54, 1.807) is 0 Å². The van der Waals surface area contributed by atoms with Crippen LogP contribution in [-0.2, 0) is 19.7 Å². The molecule has 2 heterocycles. The van der Waals surface area contributed by atoms with Gasteiger partial charge in [-0.05, 0) is 70.1 Å². The van der Waals surface area contributed by atoms with E-state index in [-0.39, 0.29) is 18.0 Å². The van der Waals surface area contributed by atoms with Gasteiger partial charge in [0.2, 0.25) is 5.91 Å². The highest BCUT2D eigenvalue weighted by atomic mass is 16.6. The highest BCUT2D eigenvalue weighted by molar-refractivity contribution is 5.88. The molecule has 32 heavy (non-hydrogen) atoms. The van der Waals surface area contributed by atoms with Crippen molar-refractivity contribution < 1.29 is 19.1 Å². The summed E-state index contributed by atoms with van der Waals surface area (Å²) >= 11 is 0. The van der Waals surface area contributed by atoms with Crippen LogP contribution in [0.4, 0.5) is 10.5 Å². The van der Waals surface area contributed by atoms with Gasteiger partial charge in [0.25, 0.3) is 0 Å². The summed E-state index contributed by atoms with van der Waals surface area (Å²) in [6.45, 7) is 8.99. The van der Waals surface area contributed by atoms with E-state index in [9.17, 15) is 9.59 Å². The molecule has 0 aromatic heterocycles. The summed E-state index contributed by atoms with van der Waals surface area (Å²) in [7, 11) is 0. The first-order valence-corrected chi connectivity index (χ1v) is 11.9. The lowest BCUT2D eigenvalue weighted by atomic mass is 9.78. The number of amides is 2. The molecule has 1 aromatic carbocycles. The average Bonchev–Trinajstić information content (AvgIpc) is 2.65. The summed E-state index contributed by atoms with van der Waals surface area (Å²) in [5.74, 6) is 0.255. The van der Waals surface area contributed by atoms with E-state index in [2.05, 4.69) is 17.0 Å². The fraction of sp³-hybridized carbons (Fsp3) is 0.680. The second kappa shape index (κ2) is 8.93. The van der Waals surface area contributed by atoms with Gasteiger partial charge in [0, 0.05) is 25.3 Å². The summed E-state index contributed by atoms with van der Waals surface area (Å²) in [4.78, 5) is 29.4. The molecule has 0 bridgehead atoms. The number of ether oxygens (including phenoxy) is 2. The number of primary amides is 1. The van der Waals surface area contributed by atoms with E-state index in [1.807, 2.05) is 37.8 Å². The third-order valence-electron chi connectivity index (χ3n) is 7.10. The molecular formula is C25H37N3O4. The minimum atomic E-state index is -0.695. The van der Waals surface area contributed by atoms with Crippen molar-refractivity contribution in [1.29, 1.82) is 0 Å². The topological polar surface area (TPSA) is 85.1 Å². The Hall–Kier alpha value is -2.28. The average molecular weight is 444 g/mol. The third kappa shape index (κ3) is 4.72. The molecule has 2 amide bonds. The quantitative estimate of drug-likeness (QED) is 0.728. The van der Waals surface area contributed by atoms with Crippen molar-refractivity contribution >= 4 is 17.7 Å². The number of anilines is 1. The lowest BCUT2D eigenvalue weighted by Gasteiger charge is -2.43. The van der Waals surface area contributed by atoms with Crippen molar-refractivity contribution in [3.05, 3.63) is 29.8 Å². The SMILES string of the molecule is CC(C)(C)OC(=O)N(CC1CCC1)[C@@H]1CCCN(c2ccc(C3(C(N)=O)COC3)cc2)C1. The Morgan fingerprint density at radius 1 is 1.16 bits per heavy atom. The van der Waals surface area contributed by atoms with Crippen molar-refractivity contribution in [2.45, 2.75) is 69.9 Å². The number of nitrogens with zero attached hydrogens (tertiary/aromatic N) is 2. The fourth-order valence-corrected chi connectivity index (χ4v) is 4.84. The first-order chi connectivity index (χ1) is 15.2. The summed E-state index contributed by atoms with van der Waals surface area (Å²) in [6.07, 6.45) is 5.47. The van der Waals surface area contributed by atoms with E-state index in [0.717, 1.165) is 43.7 Å². The van der Waals surface area contributed by atoms with E-state index >= 15 is 0 Å². The molecule has 2 N–H and O–H groups in total. The Morgan fingerprint density at radius 2 is 1.84 bits per heavy atom. The number of hydrogen-bond acceptors (Lipinski definition) is 5. The lowest BCUT2D eigenvalue weighted by Crippen LogP contribution is -2.56. The number of carbonyl (C=O) groups is 2. The molecule has 0 radical (unpaired) electrons. The number of rotatable bonds is 6. The third-order valence-corrected chi connectivity index (χ3v) is 7.10. The van der Waals surface area contributed by atoms with Crippen LogP contribution in [0.5, 0.6) is 0 Å². The Bertz CT molecular complexity index is 825. The maximum Gasteiger partial charge on any atom is 0.410 e. The highest BCUT2D eigenvalue weighted by Gasteiger charge is 2.46. The molecule has 1 atom stereocenters. The van der Waals surface area contributed by atoms with Gasteiger partial charge in [0.05, 0.1) is 19.3 Å². The van der Waals surface area contributed by atoms with Gasteiger partial charge in [-0.15, -0.1) is 0 Å². The maximum atomic E-state index is 13.1. The summed E-state index contributed by atoms with van der Waals surface area (Å²) in [6, 6.07) is 8.24. The van der Waals surface area contributed by atoms with Gasteiger partial charge in [-0.1, -0.05) is 18.6 Å². The molecule has 0 unspecified atom stereocenters. The molecule has 3 fully saturated rings. The van der Waals surface area contributed by atoms with Crippen LogP contribution in [0.1, 0.15) is 58.4 Å². The second-order valence-electron chi connectivity index (χ2n) is 10.7. The molecule has 3 aliphatic rings. The standard InChI is InChI=1S/C25H37N3O4/c1-24(2,3)32-23(30)28(14-18-6-4-7-18)21-8-5-13-27(15-21)20-11-9-19(10-12-20)25(22(26)29)16-31-17-25/h9-12,18,21H,4-8,13-17H2,1-3H3,(H2,26,29)/t21-/m1/s1. The van der Waals surface area contributed by atoms with Gasteiger partial charge in [0.1, 0.15) is 11.0 Å². The highest BCUT2D eigenvalue weighted by Crippen LogP contribution is 2.34. The van der Waals surface area contributed by atoms with Crippen molar-refractivity contribution in [3.63, 3.8) is 0 Å². The zero-order chi connectivity index (χ0) is 22.9. The van der Waals surface area contributed by atoms with Crippen LogP contribution in [0, 0.1) is 5.92 Å². The summed E-state index contributed by atoms with van der Waals surface area (Å²) in [5, 5.41) is 0. The maximum absolute atomic E-state index is 13.1. The second-order valence-corrected chi connectivity index (χ2v) is 10.7. The van der Waals surface area contributed by atoms with Crippen molar-refractivity contribution in [1.82, 2.24) is 4.90 Å². The van der Waals surface area contributed by atoms with Crippen LogP contribution >= 0.6 is 0 Å². The van der Waals surface area contributed by atoms with Crippen molar-refractivity contribution in [2.75, 3.05) is 37.7 Å². The molecule has 1 aliphatic carbocycles. The predicted molar refractivity (Wildman–Crippen MR) is 124 cm³/mol. The number of carbonyl (C=O) groups excluding carboxylic acids is 2. The predicted octanol–water partition coefficient (Wildman–Crippen LogP) is 3.45. The van der Waals surface area contributed by atoms with Gasteiger partial charge in [-0.2, -0.15) is 0 Å². The summed E-state index contributed by atoms with van der Waals surface area (Å²) < 4.78 is 11.1. The van der Waals surface area contributed by atoms with E-state index in [1.165, 1.54) is 19.3 Å². The monoisotopic (exact) mass is 443 g/mol. The van der Waals surface area contributed by atoms with Gasteiger partial charge in [-0.25, -0.2) is 4.79 Å². The largest absolute Gasteiger partial charge is 0.444 e. The molecule has 176 valence electrons. The molecule has 0 spiro atoms. The molecule has 1 saturated carbocycles.